The third-order valence-corrected chi connectivity index (χ3v) is 5.58. The van der Waals surface area contributed by atoms with Gasteiger partial charge in [0.05, 0.1) is 49.3 Å². The number of methoxy groups -OCH3 is 1. The van der Waals surface area contributed by atoms with E-state index in [4.69, 9.17) is 26.8 Å². The molecular weight excluding hydrogens is 420 g/mol. The van der Waals surface area contributed by atoms with E-state index in [9.17, 15) is 4.79 Å². The number of nitrogens with zero attached hydrogens (tertiary/aromatic N) is 5. The van der Waals surface area contributed by atoms with E-state index in [-0.39, 0.29) is 24.6 Å². The monoisotopic (exact) mass is 442 g/mol. The lowest BCUT2D eigenvalue weighted by molar-refractivity contribution is 0.0532. The molecule has 0 bridgehead atoms. The number of amides is 1. The van der Waals surface area contributed by atoms with Crippen molar-refractivity contribution in [3.63, 3.8) is 0 Å². The fraction of sp³-hybridized carbons (Fsp3) is 0.381. The summed E-state index contributed by atoms with van der Waals surface area (Å²) in [6.45, 7) is 4.86. The van der Waals surface area contributed by atoms with Gasteiger partial charge in [-0.15, -0.1) is 5.10 Å². The van der Waals surface area contributed by atoms with Gasteiger partial charge in [-0.25, -0.2) is 9.97 Å². The van der Waals surface area contributed by atoms with Gasteiger partial charge in [0, 0.05) is 18.1 Å². The summed E-state index contributed by atoms with van der Waals surface area (Å²) in [6.07, 6.45) is 1.43. The summed E-state index contributed by atoms with van der Waals surface area (Å²) in [7, 11) is 1.59. The van der Waals surface area contributed by atoms with Gasteiger partial charge in [-0.1, -0.05) is 11.6 Å². The molecule has 0 fully saturated rings. The number of nitrogen functional groups attached to an aromatic ring is 1. The van der Waals surface area contributed by atoms with Crippen molar-refractivity contribution < 1.29 is 14.3 Å². The SMILES string of the molecule is COC[C@@H](C)N(Cc1ccc(Cl)nn1)C(=O)c1cc2c3c(c(N)nc2cn1)[C@@H](C)OC3. The molecule has 3 aromatic heterocycles. The van der Waals surface area contributed by atoms with Crippen LogP contribution in [-0.4, -0.2) is 50.7 Å². The summed E-state index contributed by atoms with van der Waals surface area (Å²) in [6, 6.07) is 4.92. The van der Waals surface area contributed by atoms with Crippen LogP contribution in [0.5, 0.6) is 0 Å². The van der Waals surface area contributed by atoms with Crippen LogP contribution in [0, 0.1) is 0 Å². The molecule has 1 amide bonds. The Bertz CT molecular complexity index is 1120. The molecule has 0 spiro atoms. The Balaban J connectivity index is 1.72. The third kappa shape index (κ3) is 4.16. The molecule has 0 aromatic carbocycles. The number of carbonyl (C=O) groups is 1. The number of halogens is 1. The Morgan fingerprint density at radius 2 is 2.23 bits per heavy atom. The molecule has 162 valence electrons. The average Bonchev–Trinajstić information content (AvgIpc) is 3.15. The predicted molar refractivity (Wildman–Crippen MR) is 115 cm³/mol. The van der Waals surface area contributed by atoms with Crippen molar-refractivity contribution in [2.24, 2.45) is 0 Å². The van der Waals surface area contributed by atoms with Gasteiger partial charge in [0.25, 0.3) is 5.91 Å². The van der Waals surface area contributed by atoms with Crippen LogP contribution >= 0.6 is 11.6 Å². The first-order valence-electron chi connectivity index (χ1n) is 9.86. The van der Waals surface area contributed by atoms with Gasteiger partial charge in [0.1, 0.15) is 11.5 Å². The first-order chi connectivity index (χ1) is 14.9. The summed E-state index contributed by atoms with van der Waals surface area (Å²) in [5.74, 6) is 0.186. The minimum absolute atomic E-state index is 0.138. The first kappa shape index (κ1) is 21.4. The number of hydrogen-bond donors (Lipinski definition) is 1. The molecule has 2 N–H and O–H groups in total. The fourth-order valence-corrected chi connectivity index (χ4v) is 3.90. The fourth-order valence-electron chi connectivity index (χ4n) is 3.79. The Hall–Kier alpha value is -2.88. The highest BCUT2D eigenvalue weighted by molar-refractivity contribution is 6.29. The van der Waals surface area contributed by atoms with Crippen LogP contribution < -0.4 is 5.73 Å². The number of hydrogen-bond acceptors (Lipinski definition) is 8. The zero-order valence-electron chi connectivity index (χ0n) is 17.5. The molecule has 4 rings (SSSR count). The lowest BCUT2D eigenvalue weighted by Crippen LogP contribution is -2.41. The standard InChI is InChI=1S/C21H23ClN6O3/c1-11(9-30-3)28(8-13-4-5-18(22)27-26-13)21(29)16-6-14-15-10-31-12(2)19(15)20(23)25-17(14)7-24-16/h4-7,11-12H,8-10H2,1-3H3,(H2,23,25)/t11-,12-/m1/s1. The van der Waals surface area contributed by atoms with E-state index in [0.717, 1.165) is 16.5 Å². The average molecular weight is 443 g/mol. The van der Waals surface area contributed by atoms with Gasteiger partial charge in [0.15, 0.2) is 5.15 Å². The second kappa shape index (κ2) is 8.70. The van der Waals surface area contributed by atoms with Gasteiger partial charge in [-0.2, -0.15) is 5.10 Å². The molecule has 4 heterocycles. The molecule has 0 aliphatic carbocycles. The van der Waals surface area contributed by atoms with E-state index >= 15 is 0 Å². The largest absolute Gasteiger partial charge is 0.383 e. The Labute approximate surface area is 184 Å². The Morgan fingerprint density at radius 1 is 1.42 bits per heavy atom. The van der Waals surface area contributed by atoms with E-state index in [1.54, 1.807) is 36.4 Å². The zero-order chi connectivity index (χ0) is 22.1. The number of carbonyl (C=O) groups excluding carboxylic acids is 1. The number of pyridine rings is 2. The van der Waals surface area contributed by atoms with Crippen LogP contribution in [0.15, 0.2) is 24.4 Å². The molecule has 0 saturated heterocycles. The second-order valence-electron chi connectivity index (χ2n) is 7.51. The van der Waals surface area contributed by atoms with Gasteiger partial charge in [-0.05, 0) is 37.6 Å². The molecule has 2 atom stereocenters. The van der Waals surface area contributed by atoms with E-state index < -0.39 is 0 Å². The number of ether oxygens (including phenoxy) is 2. The summed E-state index contributed by atoms with van der Waals surface area (Å²) in [5, 5.41) is 9.04. The van der Waals surface area contributed by atoms with E-state index in [1.165, 1.54) is 0 Å². The zero-order valence-corrected chi connectivity index (χ0v) is 18.3. The molecule has 1 aliphatic rings. The van der Waals surface area contributed by atoms with Gasteiger partial charge in [0.2, 0.25) is 0 Å². The summed E-state index contributed by atoms with van der Waals surface area (Å²) >= 11 is 5.83. The van der Waals surface area contributed by atoms with Crippen LogP contribution in [-0.2, 0) is 22.6 Å². The maximum atomic E-state index is 13.5. The van der Waals surface area contributed by atoms with Crippen molar-refractivity contribution >= 4 is 34.2 Å². The maximum Gasteiger partial charge on any atom is 0.273 e. The lowest BCUT2D eigenvalue weighted by Gasteiger charge is -2.28. The molecule has 10 heteroatoms. The smallest absolute Gasteiger partial charge is 0.273 e. The highest BCUT2D eigenvalue weighted by Crippen LogP contribution is 2.38. The molecule has 0 unspecified atom stereocenters. The van der Waals surface area contributed by atoms with Crippen molar-refractivity contribution in [3.8, 4) is 0 Å². The molecule has 9 nitrogen and oxygen atoms in total. The summed E-state index contributed by atoms with van der Waals surface area (Å²) in [4.78, 5) is 23.9. The Kier molecular flexibility index (Phi) is 5.99. The molecule has 3 aromatic rings. The van der Waals surface area contributed by atoms with Crippen molar-refractivity contribution in [1.29, 1.82) is 0 Å². The Morgan fingerprint density at radius 3 is 2.94 bits per heavy atom. The van der Waals surface area contributed by atoms with Gasteiger partial charge < -0.3 is 20.1 Å². The summed E-state index contributed by atoms with van der Waals surface area (Å²) in [5.41, 5.74) is 9.47. The van der Waals surface area contributed by atoms with E-state index in [2.05, 4.69) is 20.2 Å². The normalized spacial score (nSPS) is 16.3. The van der Waals surface area contributed by atoms with Crippen molar-refractivity contribution in [3.05, 3.63) is 52.1 Å². The summed E-state index contributed by atoms with van der Waals surface area (Å²) < 4.78 is 11.0. The molecule has 0 radical (unpaired) electrons. The van der Waals surface area contributed by atoms with Crippen molar-refractivity contribution in [2.75, 3.05) is 19.5 Å². The van der Waals surface area contributed by atoms with Crippen molar-refractivity contribution in [1.82, 2.24) is 25.1 Å². The number of aromatic nitrogens is 4. The third-order valence-electron chi connectivity index (χ3n) is 5.37. The van der Waals surface area contributed by atoms with Crippen LogP contribution in [0.25, 0.3) is 10.9 Å². The number of fused-ring (bicyclic) bond motifs is 3. The molecule has 1 aliphatic heterocycles. The quantitative estimate of drug-likeness (QED) is 0.619. The van der Waals surface area contributed by atoms with Gasteiger partial charge >= 0.3 is 0 Å². The van der Waals surface area contributed by atoms with Crippen LogP contribution in [0.1, 0.15) is 47.3 Å². The van der Waals surface area contributed by atoms with Gasteiger partial charge in [-0.3, -0.25) is 4.79 Å². The lowest BCUT2D eigenvalue weighted by atomic mass is 10.0. The molecular formula is C21H23ClN6O3. The number of nitrogens with two attached hydrogens (primary N) is 1. The van der Waals surface area contributed by atoms with Crippen molar-refractivity contribution in [2.45, 2.75) is 39.1 Å². The minimum atomic E-state index is -0.249. The maximum absolute atomic E-state index is 13.5. The van der Waals surface area contributed by atoms with Crippen LogP contribution in [0.4, 0.5) is 5.82 Å². The topological polar surface area (TPSA) is 116 Å². The van der Waals surface area contributed by atoms with Crippen LogP contribution in [0.3, 0.4) is 0 Å². The number of rotatable bonds is 6. The highest BCUT2D eigenvalue weighted by atomic mass is 35.5. The van der Waals surface area contributed by atoms with E-state index in [0.29, 0.717) is 41.1 Å². The highest BCUT2D eigenvalue weighted by Gasteiger charge is 2.28. The second-order valence-corrected chi connectivity index (χ2v) is 7.90. The van der Waals surface area contributed by atoms with E-state index in [1.807, 2.05) is 13.8 Å². The number of anilines is 1. The van der Waals surface area contributed by atoms with Crippen LogP contribution in [0.2, 0.25) is 5.15 Å². The molecule has 0 saturated carbocycles. The predicted octanol–water partition coefficient (Wildman–Crippen LogP) is 2.92. The molecule has 31 heavy (non-hydrogen) atoms. The first-order valence-corrected chi connectivity index (χ1v) is 10.2. The minimum Gasteiger partial charge on any atom is -0.383 e.